The lowest BCUT2D eigenvalue weighted by Gasteiger charge is -2.28. The molecule has 0 heterocycles. The third-order valence-corrected chi connectivity index (χ3v) is 4.21. The maximum absolute atomic E-state index is 12.1. The van der Waals surface area contributed by atoms with Crippen LogP contribution < -0.4 is 11.1 Å². The van der Waals surface area contributed by atoms with Gasteiger partial charge in [0.25, 0.3) is 0 Å². The molecule has 0 aromatic heterocycles. The second kappa shape index (κ2) is 4.94. The van der Waals surface area contributed by atoms with Crippen molar-refractivity contribution in [1.82, 2.24) is 5.32 Å². The molecule has 3 unspecified atom stereocenters. The highest BCUT2D eigenvalue weighted by Crippen LogP contribution is 2.38. The monoisotopic (exact) mass is 240 g/mol. The topological polar surface area (TPSA) is 75.4 Å². The number of nitrogens with one attached hydrogen (secondary N) is 1. The number of rotatable bonds is 3. The number of aliphatic hydroxyl groups excluding tert-OH is 1. The van der Waals surface area contributed by atoms with Gasteiger partial charge in [-0.1, -0.05) is 19.3 Å². The van der Waals surface area contributed by atoms with Crippen LogP contribution >= 0.6 is 0 Å². The number of hydrogen-bond donors (Lipinski definition) is 3. The van der Waals surface area contributed by atoms with Crippen molar-refractivity contribution in [3.8, 4) is 0 Å². The van der Waals surface area contributed by atoms with E-state index >= 15 is 0 Å². The van der Waals surface area contributed by atoms with Crippen LogP contribution in [0.3, 0.4) is 0 Å². The normalized spacial score (nSPS) is 33.6. The highest BCUT2D eigenvalue weighted by atomic mass is 16.3. The molecule has 2 aliphatic carbocycles. The van der Waals surface area contributed by atoms with Crippen LogP contribution in [0, 0.1) is 5.92 Å². The zero-order valence-electron chi connectivity index (χ0n) is 10.6. The molecule has 1 amide bonds. The number of nitrogens with two attached hydrogens (primary N) is 1. The zero-order valence-corrected chi connectivity index (χ0v) is 10.6. The van der Waals surface area contributed by atoms with Gasteiger partial charge in [-0.2, -0.15) is 0 Å². The number of hydrogen-bond acceptors (Lipinski definition) is 3. The molecule has 3 atom stereocenters. The van der Waals surface area contributed by atoms with E-state index in [4.69, 9.17) is 5.73 Å². The first-order valence-electron chi connectivity index (χ1n) is 6.79. The van der Waals surface area contributed by atoms with Crippen LogP contribution in [0.25, 0.3) is 0 Å². The highest BCUT2D eigenvalue weighted by Gasteiger charge is 2.44. The summed E-state index contributed by atoms with van der Waals surface area (Å²) in [7, 11) is 0. The highest BCUT2D eigenvalue weighted by molar-refractivity contribution is 5.86. The van der Waals surface area contributed by atoms with Crippen molar-refractivity contribution >= 4 is 5.91 Å². The molecule has 17 heavy (non-hydrogen) atoms. The molecule has 0 aromatic rings. The Morgan fingerprint density at radius 2 is 1.88 bits per heavy atom. The summed E-state index contributed by atoms with van der Waals surface area (Å²) in [5.74, 6) is 0.233. The summed E-state index contributed by atoms with van der Waals surface area (Å²) < 4.78 is 0. The van der Waals surface area contributed by atoms with Gasteiger partial charge in [0.05, 0.1) is 17.7 Å². The molecule has 0 saturated heterocycles. The van der Waals surface area contributed by atoms with E-state index in [1.165, 1.54) is 0 Å². The Morgan fingerprint density at radius 1 is 1.24 bits per heavy atom. The minimum atomic E-state index is -0.758. The Hall–Kier alpha value is -0.610. The van der Waals surface area contributed by atoms with E-state index in [1.54, 1.807) is 0 Å². The molecule has 2 aliphatic rings. The van der Waals surface area contributed by atoms with Crippen LogP contribution in [0.4, 0.5) is 0 Å². The second-order valence-electron chi connectivity index (χ2n) is 5.84. The van der Waals surface area contributed by atoms with Gasteiger partial charge >= 0.3 is 0 Å². The fraction of sp³-hybridized carbons (Fsp3) is 0.923. The molecule has 4 N–H and O–H groups in total. The van der Waals surface area contributed by atoms with Crippen LogP contribution in [-0.4, -0.2) is 28.7 Å². The van der Waals surface area contributed by atoms with Gasteiger partial charge in [-0.25, -0.2) is 0 Å². The van der Waals surface area contributed by atoms with E-state index in [1.807, 2.05) is 6.92 Å². The number of aliphatic hydroxyl groups is 1. The first-order valence-corrected chi connectivity index (χ1v) is 6.79. The van der Waals surface area contributed by atoms with Crippen molar-refractivity contribution in [1.29, 1.82) is 0 Å². The molecule has 2 rings (SSSR count). The molecule has 98 valence electrons. The largest absolute Gasteiger partial charge is 0.391 e. The van der Waals surface area contributed by atoms with Gasteiger partial charge in [0, 0.05) is 0 Å². The predicted molar refractivity (Wildman–Crippen MR) is 66.3 cm³/mol. The lowest BCUT2D eigenvalue weighted by molar-refractivity contribution is -0.128. The van der Waals surface area contributed by atoms with E-state index in [-0.39, 0.29) is 11.9 Å². The zero-order chi connectivity index (χ0) is 12.5. The Morgan fingerprint density at radius 3 is 2.53 bits per heavy atom. The van der Waals surface area contributed by atoms with Crippen molar-refractivity contribution in [3.05, 3.63) is 0 Å². The maximum Gasteiger partial charge on any atom is 0.240 e. The third-order valence-electron chi connectivity index (χ3n) is 4.21. The summed E-state index contributed by atoms with van der Waals surface area (Å²) in [6.45, 7) is 1.81. The Bertz CT molecular complexity index is 287. The summed E-state index contributed by atoms with van der Waals surface area (Å²) in [6, 6.07) is -0.105. The van der Waals surface area contributed by atoms with Gasteiger partial charge in [0.1, 0.15) is 0 Å². The van der Waals surface area contributed by atoms with E-state index in [0.717, 1.165) is 44.9 Å². The van der Waals surface area contributed by atoms with Gasteiger partial charge in [0.2, 0.25) is 5.91 Å². The number of amides is 1. The lowest BCUT2D eigenvalue weighted by atomic mass is 9.95. The number of carbonyl (C=O) groups is 1. The van der Waals surface area contributed by atoms with E-state index in [9.17, 15) is 9.90 Å². The Balaban J connectivity index is 1.92. The average molecular weight is 240 g/mol. The van der Waals surface area contributed by atoms with E-state index < -0.39 is 11.6 Å². The quantitative estimate of drug-likeness (QED) is 0.642. The Kier molecular flexibility index (Phi) is 3.73. The summed E-state index contributed by atoms with van der Waals surface area (Å²) >= 11 is 0. The summed E-state index contributed by atoms with van der Waals surface area (Å²) in [6.07, 6.45) is 6.62. The van der Waals surface area contributed by atoms with Crippen molar-refractivity contribution in [2.75, 3.05) is 0 Å². The summed E-state index contributed by atoms with van der Waals surface area (Å²) in [5.41, 5.74) is 5.32. The second-order valence-corrected chi connectivity index (χ2v) is 5.84. The third kappa shape index (κ3) is 2.99. The van der Waals surface area contributed by atoms with Gasteiger partial charge < -0.3 is 16.2 Å². The molecule has 2 fully saturated rings. The van der Waals surface area contributed by atoms with Gasteiger partial charge in [0.15, 0.2) is 0 Å². The minimum absolute atomic E-state index is 0.0917. The summed E-state index contributed by atoms with van der Waals surface area (Å²) in [5, 5.41) is 12.9. The van der Waals surface area contributed by atoms with Crippen molar-refractivity contribution < 1.29 is 9.90 Å². The fourth-order valence-electron chi connectivity index (χ4n) is 2.65. The molecule has 0 aromatic carbocycles. The molecule has 0 bridgehead atoms. The predicted octanol–water partition coefficient (Wildman–Crippen LogP) is 0.924. The molecule has 4 heteroatoms. The standard InChI is InChI=1S/C13H24N2O2/c1-13(14,9-7-8-9)12(17)15-10-5-3-2-4-6-11(10)16/h9-11,16H,2-8,14H2,1H3,(H,15,17). The van der Waals surface area contributed by atoms with E-state index in [2.05, 4.69) is 5.32 Å². The lowest BCUT2D eigenvalue weighted by Crippen LogP contribution is -2.57. The smallest absolute Gasteiger partial charge is 0.240 e. The SMILES string of the molecule is CC(N)(C(=O)NC1CCCCCC1O)C1CC1. The van der Waals surface area contributed by atoms with Crippen LogP contribution in [0.5, 0.6) is 0 Å². The van der Waals surface area contributed by atoms with Crippen LogP contribution in [0.1, 0.15) is 51.9 Å². The fourth-order valence-corrected chi connectivity index (χ4v) is 2.65. The van der Waals surface area contributed by atoms with Gasteiger partial charge in [-0.15, -0.1) is 0 Å². The molecule has 0 aliphatic heterocycles. The van der Waals surface area contributed by atoms with Crippen molar-refractivity contribution in [2.24, 2.45) is 11.7 Å². The molecule has 0 spiro atoms. The van der Waals surface area contributed by atoms with Gasteiger partial charge in [-0.05, 0) is 38.5 Å². The molecule has 4 nitrogen and oxygen atoms in total. The first kappa shape index (κ1) is 12.8. The average Bonchev–Trinajstić information content (AvgIpc) is 3.08. The van der Waals surface area contributed by atoms with Gasteiger partial charge in [-0.3, -0.25) is 4.79 Å². The summed E-state index contributed by atoms with van der Waals surface area (Å²) in [4.78, 5) is 12.1. The molecule has 0 radical (unpaired) electrons. The Labute approximate surface area is 103 Å². The minimum Gasteiger partial charge on any atom is -0.391 e. The van der Waals surface area contributed by atoms with E-state index in [0.29, 0.717) is 5.92 Å². The van der Waals surface area contributed by atoms with Crippen LogP contribution in [0.15, 0.2) is 0 Å². The maximum atomic E-state index is 12.1. The molecule has 2 saturated carbocycles. The molecular formula is C13H24N2O2. The van der Waals surface area contributed by atoms with Crippen LogP contribution in [0.2, 0.25) is 0 Å². The first-order chi connectivity index (χ1) is 8.01. The molecular weight excluding hydrogens is 216 g/mol. The van der Waals surface area contributed by atoms with Crippen molar-refractivity contribution in [3.63, 3.8) is 0 Å². The van der Waals surface area contributed by atoms with Crippen LogP contribution in [-0.2, 0) is 4.79 Å². The van der Waals surface area contributed by atoms with Crippen molar-refractivity contribution in [2.45, 2.75) is 69.6 Å². The number of carbonyl (C=O) groups excluding carboxylic acids is 1.